The average molecular weight is 611 g/mol. The first kappa shape index (κ1) is 29.2. The number of fused-ring (bicyclic) bond motifs is 1. The van der Waals surface area contributed by atoms with E-state index in [0.29, 0.717) is 24.8 Å². The van der Waals surface area contributed by atoms with Crippen LogP contribution in [0, 0.1) is 5.82 Å². The first-order valence-electron chi connectivity index (χ1n) is 14.4. The van der Waals surface area contributed by atoms with Crippen molar-refractivity contribution in [1.29, 1.82) is 0 Å². The molecule has 13 heteroatoms. The van der Waals surface area contributed by atoms with E-state index >= 15 is 0 Å². The summed E-state index contributed by atoms with van der Waals surface area (Å²) in [5.74, 6) is -0.109. The van der Waals surface area contributed by atoms with Crippen LogP contribution in [0.3, 0.4) is 0 Å². The Kier molecular flexibility index (Phi) is 8.68. The summed E-state index contributed by atoms with van der Waals surface area (Å²) in [6.07, 6.45) is 6.47. The smallest absolute Gasteiger partial charge is 0.335 e. The minimum Gasteiger partial charge on any atom is -0.478 e. The molecule has 3 atom stereocenters. The van der Waals surface area contributed by atoms with E-state index in [-0.39, 0.29) is 41.3 Å². The maximum Gasteiger partial charge on any atom is 0.335 e. The normalized spacial score (nSPS) is 20.6. The number of rotatable bonds is 11. The van der Waals surface area contributed by atoms with E-state index in [2.05, 4.69) is 31.3 Å². The van der Waals surface area contributed by atoms with Gasteiger partial charge in [-0.1, -0.05) is 18.5 Å². The Balaban J connectivity index is 1.11. The molecule has 2 saturated heterocycles. The van der Waals surface area contributed by atoms with Crippen molar-refractivity contribution in [3.05, 3.63) is 70.8 Å². The minimum absolute atomic E-state index is 0.0411. The second kappa shape index (κ2) is 12.8. The molecule has 226 valence electrons. The number of hydrogen-bond donors (Lipinski definition) is 1. The summed E-state index contributed by atoms with van der Waals surface area (Å²) in [5.41, 5.74) is 1.84. The van der Waals surface area contributed by atoms with Gasteiger partial charge >= 0.3 is 5.97 Å². The Bertz CT molecular complexity index is 1620. The quantitative estimate of drug-likeness (QED) is 0.251. The summed E-state index contributed by atoms with van der Waals surface area (Å²) >= 11 is 5.75. The van der Waals surface area contributed by atoms with Gasteiger partial charge in [0.05, 0.1) is 40.8 Å². The highest BCUT2D eigenvalue weighted by atomic mass is 35.5. The highest BCUT2D eigenvalue weighted by Crippen LogP contribution is 2.28. The molecule has 0 amide bonds. The van der Waals surface area contributed by atoms with E-state index in [1.54, 1.807) is 30.5 Å². The van der Waals surface area contributed by atoms with Gasteiger partial charge in [0.1, 0.15) is 18.5 Å². The van der Waals surface area contributed by atoms with E-state index in [0.717, 1.165) is 61.8 Å². The Labute approximate surface area is 252 Å². The summed E-state index contributed by atoms with van der Waals surface area (Å²) in [6.45, 7) is 4.92. The second-order valence-corrected chi connectivity index (χ2v) is 11.2. The topological polar surface area (TPSA) is 125 Å². The van der Waals surface area contributed by atoms with E-state index < -0.39 is 11.8 Å². The molecule has 0 radical (unpaired) electrons. The maximum absolute atomic E-state index is 14.0. The number of carboxylic acids is 1. The zero-order valence-electron chi connectivity index (χ0n) is 23.7. The number of carbonyl (C=O) groups is 1. The lowest BCUT2D eigenvalue weighted by Crippen LogP contribution is -2.45. The molecule has 0 bridgehead atoms. The van der Waals surface area contributed by atoms with Crippen molar-refractivity contribution in [1.82, 2.24) is 29.4 Å². The Morgan fingerprint density at radius 3 is 2.81 bits per heavy atom. The summed E-state index contributed by atoms with van der Waals surface area (Å²) in [7, 11) is 0. The molecule has 3 aromatic heterocycles. The highest BCUT2D eigenvalue weighted by Gasteiger charge is 2.31. The second-order valence-electron chi connectivity index (χ2n) is 10.8. The Hall–Kier alpha value is -3.87. The van der Waals surface area contributed by atoms with Crippen LogP contribution in [0.4, 0.5) is 4.39 Å². The van der Waals surface area contributed by atoms with Gasteiger partial charge in [0.2, 0.25) is 5.88 Å². The minimum atomic E-state index is -0.958. The standard InChI is InChI=1S/C30H32ClFN6O5/c1-2-20-13-21(43-28-5-8-33-26(36-28)17-42-29-23(32)12-19(31)14-34-29)6-9-37(20)16-27-35-24-4-3-18(30(39)40)11-25(24)38(27)15-22-7-10-41-22/h3-5,8,11-12,14,20-22H,2,6-7,9-10,13,15-17H2,1H3,(H,39,40)/t20-,21-,22?/m0/s1. The van der Waals surface area contributed by atoms with Crippen LogP contribution in [0.15, 0.2) is 42.7 Å². The molecule has 43 heavy (non-hydrogen) atoms. The van der Waals surface area contributed by atoms with E-state index in [1.165, 1.54) is 6.20 Å². The molecule has 11 nitrogen and oxygen atoms in total. The number of likely N-dealkylation sites (tertiary alicyclic amines) is 1. The summed E-state index contributed by atoms with van der Waals surface area (Å²) < 4.78 is 33.5. The van der Waals surface area contributed by atoms with Crippen LogP contribution in [0.2, 0.25) is 5.02 Å². The first-order chi connectivity index (χ1) is 20.9. The zero-order valence-corrected chi connectivity index (χ0v) is 24.4. The summed E-state index contributed by atoms with van der Waals surface area (Å²) in [4.78, 5) is 31.5. The van der Waals surface area contributed by atoms with Gasteiger partial charge in [0, 0.05) is 37.7 Å². The molecule has 0 spiro atoms. The number of aromatic carboxylic acids is 1. The molecule has 4 aromatic rings. The molecular formula is C30H32ClFN6O5. The van der Waals surface area contributed by atoms with E-state index in [9.17, 15) is 14.3 Å². The van der Waals surface area contributed by atoms with Gasteiger partial charge in [-0.2, -0.15) is 4.98 Å². The fourth-order valence-corrected chi connectivity index (χ4v) is 5.72. The average Bonchev–Trinajstić information content (AvgIpc) is 3.31. The molecule has 0 saturated carbocycles. The van der Waals surface area contributed by atoms with Crippen LogP contribution in [0.1, 0.15) is 54.6 Å². The molecular weight excluding hydrogens is 579 g/mol. The molecule has 2 aliphatic rings. The Morgan fingerprint density at radius 2 is 2.07 bits per heavy atom. The number of nitrogens with zero attached hydrogens (tertiary/aromatic N) is 6. The largest absolute Gasteiger partial charge is 0.478 e. The van der Waals surface area contributed by atoms with Crippen molar-refractivity contribution >= 4 is 28.6 Å². The first-order valence-corrected chi connectivity index (χ1v) is 14.7. The lowest BCUT2D eigenvalue weighted by atomic mass is 9.97. The number of ether oxygens (including phenoxy) is 3. The molecule has 5 heterocycles. The number of imidazole rings is 1. The third-order valence-corrected chi connectivity index (χ3v) is 8.15. The van der Waals surface area contributed by atoms with Gasteiger partial charge in [0.25, 0.3) is 5.88 Å². The number of pyridine rings is 1. The molecule has 0 aliphatic carbocycles. The van der Waals surface area contributed by atoms with Gasteiger partial charge in [-0.15, -0.1) is 0 Å². The van der Waals surface area contributed by atoms with Gasteiger partial charge < -0.3 is 23.9 Å². The number of halogens is 2. The fraction of sp³-hybridized carbons (Fsp3) is 0.433. The van der Waals surface area contributed by atoms with Crippen molar-refractivity contribution in [3.8, 4) is 11.8 Å². The number of hydrogen-bond acceptors (Lipinski definition) is 9. The lowest BCUT2D eigenvalue weighted by Gasteiger charge is -2.39. The van der Waals surface area contributed by atoms with Crippen LogP contribution in [0.25, 0.3) is 11.0 Å². The van der Waals surface area contributed by atoms with Crippen LogP contribution in [-0.4, -0.2) is 71.9 Å². The van der Waals surface area contributed by atoms with Crippen LogP contribution in [-0.2, 0) is 24.4 Å². The van der Waals surface area contributed by atoms with Crippen LogP contribution < -0.4 is 9.47 Å². The van der Waals surface area contributed by atoms with Gasteiger partial charge in [-0.3, -0.25) is 4.90 Å². The highest BCUT2D eigenvalue weighted by molar-refractivity contribution is 6.30. The molecule has 2 fully saturated rings. The fourth-order valence-electron chi connectivity index (χ4n) is 5.57. The molecule has 1 aromatic carbocycles. The Morgan fingerprint density at radius 1 is 1.21 bits per heavy atom. The predicted octanol–water partition coefficient (Wildman–Crippen LogP) is 4.90. The SMILES string of the molecule is CC[C@H]1C[C@@H](Oc2ccnc(COc3ncc(Cl)cc3F)n2)CCN1Cc1nc2ccc(C(=O)O)cc2n1CC1CCO1. The van der Waals surface area contributed by atoms with E-state index in [4.69, 9.17) is 30.8 Å². The van der Waals surface area contributed by atoms with Crippen molar-refractivity contribution in [3.63, 3.8) is 0 Å². The summed E-state index contributed by atoms with van der Waals surface area (Å²) in [5, 5.41) is 9.72. The number of aromatic nitrogens is 5. The van der Waals surface area contributed by atoms with Crippen molar-refractivity contribution in [2.75, 3.05) is 13.2 Å². The number of carboxylic acid groups (broad SMARTS) is 1. The maximum atomic E-state index is 14.0. The van der Waals surface area contributed by atoms with Gasteiger partial charge in [0.15, 0.2) is 11.6 Å². The van der Waals surface area contributed by atoms with Crippen molar-refractivity contribution in [2.45, 2.75) is 70.6 Å². The van der Waals surface area contributed by atoms with E-state index in [1.807, 2.05) is 0 Å². The zero-order chi connectivity index (χ0) is 29.9. The van der Waals surface area contributed by atoms with Crippen LogP contribution in [0.5, 0.6) is 11.8 Å². The number of piperidine rings is 1. The third-order valence-electron chi connectivity index (χ3n) is 7.94. The molecule has 1 N–H and O–H groups in total. The van der Waals surface area contributed by atoms with Gasteiger partial charge in [-0.05, 0) is 49.9 Å². The van der Waals surface area contributed by atoms with Crippen molar-refractivity contribution < 1.29 is 28.5 Å². The molecule has 1 unspecified atom stereocenters. The summed E-state index contributed by atoms with van der Waals surface area (Å²) in [6, 6.07) is 8.17. The molecule has 6 rings (SSSR count). The lowest BCUT2D eigenvalue weighted by molar-refractivity contribution is -0.0593. The number of benzene rings is 1. The van der Waals surface area contributed by atoms with Gasteiger partial charge in [-0.25, -0.2) is 24.1 Å². The van der Waals surface area contributed by atoms with Crippen LogP contribution >= 0.6 is 11.6 Å². The monoisotopic (exact) mass is 610 g/mol. The van der Waals surface area contributed by atoms with Crippen molar-refractivity contribution in [2.24, 2.45) is 0 Å². The third kappa shape index (κ3) is 6.71. The molecule has 2 aliphatic heterocycles. The predicted molar refractivity (Wildman–Crippen MR) is 155 cm³/mol.